The molecule has 0 bridgehead atoms. The second kappa shape index (κ2) is 3.89. The molecular weight excluding hydrogens is 220 g/mol. The van der Waals surface area contributed by atoms with Crippen molar-refractivity contribution in [2.24, 2.45) is 5.84 Å². The first-order chi connectivity index (χ1) is 5.65. The van der Waals surface area contributed by atoms with Gasteiger partial charge >= 0.3 is 0 Å². The molecule has 0 unspecified atom stereocenters. The summed E-state index contributed by atoms with van der Waals surface area (Å²) in [4.78, 5) is 0. The topological polar surface area (TPSA) is 58.3 Å². The summed E-state index contributed by atoms with van der Waals surface area (Å²) in [7, 11) is 0. The van der Waals surface area contributed by atoms with Crippen molar-refractivity contribution >= 4 is 15.9 Å². The number of benzene rings is 1. The summed E-state index contributed by atoms with van der Waals surface area (Å²) in [6.07, 6.45) is 0. The highest BCUT2D eigenvalue weighted by Gasteiger charge is 2.08. The van der Waals surface area contributed by atoms with Crippen molar-refractivity contribution in [3.05, 3.63) is 28.2 Å². The lowest BCUT2D eigenvalue weighted by atomic mass is 10.1. The summed E-state index contributed by atoms with van der Waals surface area (Å²) in [5.41, 5.74) is 3.35. The van der Waals surface area contributed by atoms with Crippen LogP contribution >= 0.6 is 15.9 Å². The normalized spacial score (nSPS) is 12.9. The van der Waals surface area contributed by atoms with E-state index < -0.39 is 0 Å². The predicted molar refractivity (Wildman–Crippen MR) is 51.5 cm³/mol. The number of phenols is 1. The fourth-order valence-corrected chi connectivity index (χ4v) is 1.34. The van der Waals surface area contributed by atoms with Crippen LogP contribution < -0.4 is 11.3 Å². The Morgan fingerprint density at radius 3 is 2.83 bits per heavy atom. The molecular formula is C8H11BrN2O. The maximum Gasteiger partial charge on any atom is 0.120 e. The molecule has 0 spiro atoms. The number of phenolic OH excluding ortho intramolecular Hbond substituents is 1. The molecule has 0 aromatic heterocycles. The van der Waals surface area contributed by atoms with Crippen LogP contribution in [0.4, 0.5) is 0 Å². The van der Waals surface area contributed by atoms with E-state index in [-0.39, 0.29) is 11.8 Å². The summed E-state index contributed by atoms with van der Waals surface area (Å²) < 4.78 is 0.928. The number of hydrogen-bond donors (Lipinski definition) is 3. The second-order valence-corrected chi connectivity index (χ2v) is 3.51. The molecule has 0 saturated carbocycles. The van der Waals surface area contributed by atoms with E-state index in [1.54, 1.807) is 12.1 Å². The van der Waals surface area contributed by atoms with Gasteiger partial charge in [-0.05, 0) is 25.1 Å². The number of halogens is 1. The smallest absolute Gasteiger partial charge is 0.120 e. The van der Waals surface area contributed by atoms with Crippen LogP contribution in [0, 0.1) is 0 Å². The van der Waals surface area contributed by atoms with Gasteiger partial charge < -0.3 is 5.11 Å². The first kappa shape index (κ1) is 9.51. The van der Waals surface area contributed by atoms with Crippen LogP contribution in [-0.4, -0.2) is 5.11 Å². The highest BCUT2D eigenvalue weighted by molar-refractivity contribution is 9.10. The van der Waals surface area contributed by atoms with Crippen molar-refractivity contribution in [3.63, 3.8) is 0 Å². The first-order valence-corrected chi connectivity index (χ1v) is 4.39. The summed E-state index contributed by atoms with van der Waals surface area (Å²) in [5.74, 6) is 5.50. The number of rotatable bonds is 2. The SMILES string of the molecule is C[C@H](NN)c1cc(Br)ccc1O. The third-order valence-corrected chi connectivity index (χ3v) is 2.20. The lowest BCUT2D eigenvalue weighted by Gasteiger charge is -2.12. The number of aromatic hydroxyl groups is 1. The third kappa shape index (κ3) is 1.97. The lowest BCUT2D eigenvalue weighted by Crippen LogP contribution is -2.25. The molecule has 1 aromatic carbocycles. The molecule has 12 heavy (non-hydrogen) atoms. The van der Waals surface area contributed by atoms with Gasteiger partial charge in [0.1, 0.15) is 5.75 Å². The summed E-state index contributed by atoms with van der Waals surface area (Å²) in [6.45, 7) is 1.88. The van der Waals surface area contributed by atoms with Gasteiger partial charge in [0.25, 0.3) is 0 Å². The van der Waals surface area contributed by atoms with Gasteiger partial charge in [-0.2, -0.15) is 0 Å². The zero-order chi connectivity index (χ0) is 9.14. The van der Waals surface area contributed by atoms with Crippen molar-refractivity contribution in [1.82, 2.24) is 5.43 Å². The molecule has 3 nitrogen and oxygen atoms in total. The molecule has 4 N–H and O–H groups in total. The standard InChI is InChI=1S/C8H11BrN2O/c1-5(11-10)7-4-6(9)2-3-8(7)12/h2-5,11-12H,10H2,1H3/t5-/m0/s1. The largest absolute Gasteiger partial charge is 0.508 e. The Morgan fingerprint density at radius 1 is 1.58 bits per heavy atom. The van der Waals surface area contributed by atoms with Crippen molar-refractivity contribution in [2.75, 3.05) is 0 Å². The third-order valence-electron chi connectivity index (χ3n) is 1.71. The van der Waals surface area contributed by atoms with E-state index in [0.29, 0.717) is 0 Å². The Labute approximate surface area is 79.7 Å². The zero-order valence-corrected chi connectivity index (χ0v) is 8.30. The van der Waals surface area contributed by atoms with Crippen LogP contribution in [0.25, 0.3) is 0 Å². The monoisotopic (exact) mass is 230 g/mol. The molecule has 0 aliphatic carbocycles. The highest BCUT2D eigenvalue weighted by atomic mass is 79.9. The maximum absolute atomic E-state index is 9.42. The van der Waals surface area contributed by atoms with Gasteiger partial charge in [0.2, 0.25) is 0 Å². The van der Waals surface area contributed by atoms with E-state index in [9.17, 15) is 5.11 Å². The first-order valence-electron chi connectivity index (χ1n) is 3.59. The van der Waals surface area contributed by atoms with E-state index in [2.05, 4.69) is 21.4 Å². The molecule has 0 saturated heterocycles. The van der Waals surface area contributed by atoms with Crippen molar-refractivity contribution in [2.45, 2.75) is 13.0 Å². The van der Waals surface area contributed by atoms with Crippen LogP contribution in [0.3, 0.4) is 0 Å². The van der Waals surface area contributed by atoms with Gasteiger partial charge in [0.05, 0.1) is 0 Å². The molecule has 1 atom stereocenters. The van der Waals surface area contributed by atoms with Crippen molar-refractivity contribution in [1.29, 1.82) is 0 Å². The van der Waals surface area contributed by atoms with Gasteiger partial charge in [-0.3, -0.25) is 11.3 Å². The molecule has 0 amide bonds. The second-order valence-electron chi connectivity index (χ2n) is 2.59. The van der Waals surface area contributed by atoms with E-state index >= 15 is 0 Å². The molecule has 0 fully saturated rings. The van der Waals surface area contributed by atoms with Crippen LogP contribution in [0.1, 0.15) is 18.5 Å². The molecule has 0 aliphatic rings. The Bertz CT molecular complexity index is 278. The zero-order valence-electron chi connectivity index (χ0n) is 6.71. The molecule has 4 heteroatoms. The Balaban J connectivity index is 3.04. The number of hydrazine groups is 1. The summed E-state index contributed by atoms with van der Waals surface area (Å²) in [5, 5.41) is 9.42. The highest BCUT2D eigenvalue weighted by Crippen LogP contribution is 2.26. The molecule has 66 valence electrons. The van der Waals surface area contributed by atoms with Crippen LogP contribution in [0.5, 0.6) is 5.75 Å². The fourth-order valence-electron chi connectivity index (χ4n) is 0.962. The van der Waals surface area contributed by atoms with Gasteiger partial charge in [-0.25, -0.2) is 0 Å². The van der Waals surface area contributed by atoms with Crippen molar-refractivity contribution in [3.8, 4) is 5.75 Å². The van der Waals surface area contributed by atoms with E-state index in [0.717, 1.165) is 10.0 Å². The Kier molecular flexibility index (Phi) is 3.08. The van der Waals surface area contributed by atoms with Crippen LogP contribution in [-0.2, 0) is 0 Å². The van der Waals surface area contributed by atoms with E-state index in [1.807, 2.05) is 13.0 Å². The minimum Gasteiger partial charge on any atom is -0.508 e. The summed E-state index contributed by atoms with van der Waals surface area (Å²) in [6, 6.07) is 5.19. The maximum atomic E-state index is 9.42. The quantitative estimate of drug-likeness (QED) is 0.536. The average Bonchev–Trinajstić information content (AvgIpc) is 2.08. The van der Waals surface area contributed by atoms with Crippen LogP contribution in [0.15, 0.2) is 22.7 Å². The minimum atomic E-state index is -0.0532. The van der Waals surface area contributed by atoms with Gasteiger partial charge in [0.15, 0.2) is 0 Å². The predicted octanol–water partition coefficient (Wildman–Crippen LogP) is 1.68. The van der Waals surface area contributed by atoms with Crippen molar-refractivity contribution < 1.29 is 5.11 Å². The van der Waals surface area contributed by atoms with Gasteiger partial charge in [-0.15, -0.1) is 0 Å². The van der Waals surface area contributed by atoms with E-state index in [4.69, 9.17) is 5.84 Å². The Morgan fingerprint density at radius 2 is 2.25 bits per heavy atom. The molecule has 0 aliphatic heterocycles. The van der Waals surface area contributed by atoms with Crippen LogP contribution in [0.2, 0.25) is 0 Å². The summed E-state index contributed by atoms with van der Waals surface area (Å²) >= 11 is 3.31. The number of nitrogens with two attached hydrogens (primary N) is 1. The lowest BCUT2D eigenvalue weighted by molar-refractivity contribution is 0.454. The van der Waals surface area contributed by atoms with Gasteiger partial charge in [-0.1, -0.05) is 15.9 Å². The minimum absolute atomic E-state index is 0.0532. The number of hydrogen-bond acceptors (Lipinski definition) is 3. The van der Waals surface area contributed by atoms with Gasteiger partial charge in [0, 0.05) is 16.1 Å². The van der Waals surface area contributed by atoms with E-state index in [1.165, 1.54) is 0 Å². The molecule has 1 aromatic rings. The molecule has 1 rings (SSSR count). The fraction of sp³-hybridized carbons (Fsp3) is 0.250. The number of nitrogens with one attached hydrogen (secondary N) is 1. The molecule has 0 heterocycles. The Hall–Kier alpha value is -0.580. The molecule has 0 radical (unpaired) electrons. The average molecular weight is 231 g/mol.